The van der Waals surface area contributed by atoms with Gasteiger partial charge in [-0.2, -0.15) is 0 Å². The lowest BCUT2D eigenvalue weighted by atomic mass is 10.1. The molecule has 116 valence electrons. The third kappa shape index (κ3) is 6.56. The molecule has 0 bridgehead atoms. The Kier molecular flexibility index (Phi) is 7.72. The van der Waals surface area contributed by atoms with Gasteiger partial charge in [0.15, 0.2) is 0 Å². The molecule has 0 aliphatic carbocycles. The number of hydrogen-bond acceptors (Lipinski definition) is 4. The summed E-state index contributed by atoms with van der Waals surface area (Å²) in [5.41, 5.74) is 2.07. The van der Waals surface area contributed by atoms with Gasteiger partial charge in [0.2, 0.25) is 0 Å². The van der Waals surface area contributed by atoms with E-state index in [-0.39, 0.29) is 25.1 Å². The van der Waals surface area contributed by atoms with E-state index < -0.39 is 6.10 Å². The van der Waals surface area contributed by atoms with Crippen LogP contribution in [0.3, 0.4) is 0 Å². The van der Waals surface area contributed by atoms with Crippen molar-refractivity contribution in [1.82, 2.24) is 0 Å². The third-order valence-corrected chi connectivity index (χ3v) is 3.23. The number of carbonyl (C=O) groups is 1. The van der Waals surface area contributed by atoms with Crippen molar-refractivity contribution in [3.8, 4) is 0 Å². The second kappa shape index (κ2) is 9.32. The summed E-state index contributed by atoms with van der Waals surface area (Å²) >= 11 is 0. The molecule has 1 aromatic carbocycles. The predicted octanol–water partition coefficient (Wildman–Crippen LogP) is 2.80. The molecule has 0 saturated carbocycles. The van der Waals surface area contributed by atoms with E-state index in [1.165, 1.54) is 0 Å². The van der Waals surface area contributed by atoms with Crippen LogP contribution in [0.2, 0.25) is 0 Å². The van der Waals surface area contributed by atoms with Crippen molar-refractivity contribution in [1.29, 1.82) is 0 Å². The molecule has 0 amide bonds. The fraction of sp³-hybridized carbons (Fsp3) is 0.471. The molecule has 0 fully saturated rings. The number of esters is 1. The van der Waals surface area contributed by atoms with E-state index in [4.69, 9.17) is 9.47 Å². The molecule has 0 saturated heterocycles. The topological polar surface area (TPSA) is 55.8 Å². The maximum absolute atomic E-state index is 11.5. The van der Waals surface area contributed by atoms with E-state index in [1.807, 2.05) is 31.2 Å². The number of aliphatic hydroxyl groups excluding tert-OH is 1. The molecule has 0 heterocycles. The second-order valence-electron chi connectivity index (χ2n) is 5.05. The summed E-state index contributed by atoms with van der Waals surface area (Å²) in [6, 6.07) is 7.81. The highest BCUT2D eigenvalue weighted by Crippen LogP contribution is 2.07. The lowest BCUT2D eigenvalue weighted by Crippen LogP contribution is -2.25. The van der Waals surface area contributed by atoms with Crippen LogP contribution in [0.25, 0.3) is 6.08 Å². The molecule has 0 aliphatic heterocycles. The van der Waals surface area contributed by atoms with Crippen molar-refractivity contribution >= 4 is 12.0 Å². The van der Waals surface area contributed by atoms with Crippen molar-refractivity contribution in [3.05, 3.63) is 42.0 Å². The number of rotatable bonds is 9. The van der Waals surface area contributed by atoms with E-state index >= 15 is 0 Å². The van der Waals surface area contributed by atoms with Crippen molar-refractivity contribution in [3.63, 3.8) is 0 Å². The molecule has 1 N–H and O–H groups in total. The summed E-state index contributed by atoms with van der Waals surface area (Å²) in [6.07, 6.45) is 1.71. The molecule has 21 heavy (non-hydrogen) atoms. The number of aliphatic hydroxyl groups is 1. The molecule has 4 nitrogen and oxygen atoms in total. The predicted molar refractivity (Wildman–Crippen MR) is 82.6 cm³/mol. The summed E-state index contributed by atoms with van der Waals surface area (Å²) in [5.74, 6) is -0.418. The molecule has 0 aliphatic rings. The van der Waals surface area contributed by atoms with E-state index in [2.05, 4.69) is 6.58 Å². The van der Waals surface area contributed by atoms with Gasteiger partial charge in [-0.15, -0.1) is 0 Å². The average Bonchev–Trinajstić information content (AvgIpc) is 2.52. The molecule has 4 heteroatoms. The van der Waals surface area contributed by atoms with Crippen molar-refractivity contribution in [2.24, 2.45) is 5.92 Å². The molecule has 1 aromatic rings. The Balaban J connectivity index is 2.22. The highest BCUT2D eigenvalue weighted by atomic mass is 16.5. The maximum Gasteiger partial charge on any atom is 0.308 e. The van der Waals surface area contributed by atoms with Crippen LogP contribution in [0.1, 0.15) is 31.4 Å². The summed E-state index contributed by atoms with van der Waals surface area (Å²) in [6.45, 7) is 7.93. The molecule has 2 unspecified atom stereocenters. The molecule has 2 atom stereocenters. The monoisotopic (exact) mass is 292 g/mol. The van der Waals surface area contributed by atoms with Crippen LogP contribution in [-0.2, 0) is 20.9 Å². The Morgan fingerprint density at radius 3 is 2.57 bits per heavy atom. The molecule has 0 radical (unpaired) electrons. The Morgan fingerprint density at radius 1 is 1.33 bits per heavy atom. The number of benzene rings is 1. The molecular weight excluding hydrogens is 268 g/mol. The Labute approximate surface area is 126 Å². The zero-order valence-electron chi connectivity index (χ0n) is 12.7. The lowest BCUT2D eigenvalue weighted by molar-refractivity contribution is -0.152. The van der Waals surface area contributed by atoms with Crippen LogP contribution in [0, 0.1) is 5.92 Å². The molecule has 0 spiro atoms. The highest BCUT2D eigenvalue weighted by molar-refractivity contribution is 5.71. The van der Waals surface area contributed by atoms with Gasteiger partial charge in [0.1, 0.15) is 12.7 Å². The first kappa shape index (κ1) is 17.4. The molecule has 0 aromatic heterocycles. The smallest absolute Gasteiger partial charge is 0.308 e. The van der Waals surface area contributed by atoms with Crippen molar-refractivity contribution in [2.75, 3.05) is 13.2 Å². The van der Waals surface area contributed by atoms with E-state index in [9.17, 15) is 9.90 Å². The Hall–Kier alpha value is -1.65. The van der Waals surface area contributed by atoms with Gasteiger partial charge in [0.05, 0.1) is 19.1 Å². The first-order valence-corrected chi connectivity index (χ1v) is 7.20. The standard InChI is InChI=1S/C17H24O4/c1-4-13(3)17(19)21-12-16(18)11-20-10-15-8-6-14(5-2)7-9-15/h5-9,13,16,18H,2,4,10-12H2,1,3H3. The largest absolute Gasteiger partial charge is 0.463 e. The SMILES string of the molecule is C=Cc1ccc(COCC(O)COC(=O)C(C)CC)cc1. The van der Waals surface area contributed by atoms with Gasteiger partial charge in [-0.3, -0.25) is 4.79 Å². The van der Waals surface area contributed by atoms with E-state index in [0.29, 0.717) is 6.61 Å². The van der Waals surface area contributed by atoms with Gasteiger partial charge < -0.3 is 14.6 Å². The van der Waals surface area contributed by atoms with Crippen LogP contribution >= 0.6 is 0 Å². The molecular formula is C17H24O4. The summed E-state index contributed by atoms with van der Waals surface area (Å²) in [7, 11) is 0. The zero-order chi connectivity index (χ0) is 15.7. The fourth-order valence-electron chi connectivity index (χ4n) is 1.60. The van der Waals surface area contributed by atoms with Crippen LogP contribution in [0.5, 0.6) is 0 Å². The van der Waals surface area contributed by atoms with Gasteiger partial charge in [-0.1, -0.05) is 50.8 Å². The maximum atomic E-state index is 11.5. The van der Waals surface area contributed by atoms with Gasteiger partial charge in [0, 0.05) is 0 Å². The minimum absolute atomic E-state index is 0.0292. The molecule has 1 rings (SSSR count). The average molecular weight is 292 g/mol. The van der Waals surface area contributed by atoms with Gasteiger partial charge >= 0.3 is 5.97 Å². The van der Waals surface area contributed by atoms with Gasteiger partial charge in [-0.25, -0.2) is 0 Å². The number of carbonyl (C=O) groups excluding carboxylic acids is 1. The second-order valence-corrected chi connectivity index (χ2v) is 5.05. The minimum Gasteiger partial charge on any atom is -0.463 e. The quantitative estimate of drug-likeness (QED) is 0.711. The van der Waals surface area contributed by atoms with Crippen LogP contribution in [-0.4, -0.2) is 30.4 Å². The van der Waals surface area contributed by atoms with Crippen LogP contribution in [0.4, 0.5) is 0 Å². The fourth-order valence-corrected chi connectivity index (χ4v) is 1.60. The first-order chi connectivity index (χ1) is 10.1. The van der Waals surface area contributed by atoms with Crippen molar-refractivity contribution in [2.45, 2.75) is 33.0 Å². The number of ether oxygens (including phenoxy) is 2. The van der Waals surface area contributed by atoms with Crippen LogP contribution < -0.4 is 0 Å². The van der Waals surface area contributed by atoms with E-state index in [0.717, 1.165) is 17.5 Å². The first-order valence-electron chi connectivity index (χ1n) is 7.20. The highest BCUT2D eigenvalue weighted by Gasteiger charge is 2.14. The normalized spacial score (nSPS) is 13.5. The van der Waals surface area contributed by atoms with Gasteiger partial charge in [-0.05, 0) is 17.5 Å². The van der Waals surface area contributed by atoms with Gasteiger partial charge in [0.25, 0.3) is 0 Å². The summed E-state index contributed by atoms with van der Waals surface area (Å²) < 4.78 is 10.4. The third-order valence-electron chi connectivity index (χ3n) is 3.23. The summed E-state index contributed by atoms with van der Waals surface area (Å²) in [4.78, 5) is 11.5. The van der Waals surface area contributed by atoms with Crippen LogP contribution in [0.15, 0.2) is 30.8 Å². The van der Waals surface area contributed by atoms with Crippen molar-refractivity contribution < 1.29 is 19.4 Å². The van der Waals surface area contributed by atoms with E-state index in [1.54, 1.807) is 13.0 Å². The number of hydrogen-bond donors (Lipinski definition) is 1. The summed E-state index contributed by atoms with van der Waals surface area (Å²) in [5, 5.41) is 9.70. The Morgan fingerprint density at radius 2 is 2.00 bits per heavy atom. The lowest BCUT2D eigenvalue weighted by Gasteiger charge is -2.14. The minimum atomic E-state index is -0.801. The zero-order valence-corrected chi connectivity index (χ0v) is 12.7. The Bertz CT molecular complexity index is 439.